The van der Waals surface area contributed by atoms with Crippen molar-refractivity contribution in [3.8, 4) is 11.5 Å². The Balaban J connectivity index is 1.77. The maximum absolute atomic E-state index is 12.6. The van der Waals surface area contributed by atoms with Gasteiger partial charge in [-0.05, 0) is 69.0 Å². The molecule has 0 saturated heterocycles. The highest BCUT2D eigenvalue weighted by Crippen LogP contribution is 2.35. The van der Waals surface area contributed by atoms with Gasteiger partial charge in [-0.1, -0.05) is 26.8 Å². The van der Waals surface area contributed by atoms with Crippen LogP contribution in [0.5, 0.6) is 11.5 Å². The van der Waals surface area contributed by atoms with E-state index < -0.39 is 28.6 Å². The van der Waals surface area contributed by atoms with Gasteiger partial charge in [-0.3, -0.25) is 0 Å². The Bertz CT molecular complexity index is 1410. The second-order valence-electron chi connectivity index (χ2n) is 12.4. The van der Waals surface area contributed by atoms with Crippen LogP contribution in [0.3, 0.4) is 0 Å². The Hall–Kier alpha value is -4.21. The summed E-state index contributed by atoms with van der Waals surface area (Å²) in [6.45, 7) is 11.5. The minimum Gasteiger partial charge on any atom is -0.497 e. The minimum atomic E-state index is -1.56. The number of aliphatic carboxylic acids is 1. The van der Waals surface area contributed by atoms with Crippen LogP contribution in [0.1, 0.15) is 53.5 Å². The van der Waals surface area contributed by atoms with E-state index in [1.54, 1.807) is 55.8 Å². The average Bonchev–Trinajstić information content (AvgIpc) is 2.90. The molecule has 1 aromatic heterocycles. The zero-order chi connectivity index (χ0) is 31.3. The number of hydrogen-bond acceptors (Lipinski definition) is 8. The number of anilines is 2. The molecule has 42 heavy (non-hydrogen) atoms. The third-order valence-corrected chi connectivity index (χ3v) is 7.16. The van der Waals surface area contributed by atoms with E-state index in [0.717, 1.165) is 39.5 Å². The summed E-state index contributed by atoms with van der Waals surface area (Å²) in [6, 6.07) is 15.5. The molecule has 10 heteroatoms. The molecule has 1 heterocycles. The number of fused-ring (bicyclic) bond motifs is 1. The molecule has 2 aromatic carbocycles. The molecule has 10 nitrogen and oxygen atoms in total. The zero-order valence-electron chi connectivity index (χ0n) is 26.1. The largest absolute Gasteiger partial charge is 0.497 e. The third-order valence-electron chi connectivity index (χ3n) is 7.16. The highest BCUT2D eigenvalue weighted by molar-refractivity contribution is 5.86. The van der Waals surface area contributed by atoms with E-state index in [1.165, 1.54) is 0 Å². The fourth-order valence-corrected chi connectivity index (χ4v) is 4.73. The van der Waals surface area contributed by atoms with Gasteiger partial charge in [0.25, 0.3) is 0 Å². The van der Waals surface area contributed by atoms with Crippen LogP contribution in [0, 0.1) is 5.41 Å². The smallest absolute Gasteiger partial charge is 0.408 e. The molecular weight excluding hydrogens is 536 g/mol. The zero-order valence-corrected chi connectivity index (χ0v) is 26.1. The molecule has 228 valence electrons. The van der Waals surface area contributed by atoms with Crippen molar-refractivity contribution >= 4 is 34.5 Å². The van der Waals surface area contributed by atoms with Crippen LogP contribution < -0.4 is 25.0 Å². The monoisotopic (exact) mass is 580 g/mol. The second-order valence-corrected chi connectivity index (χ2v) is 12.4. The van der Waals surface area contributed by atoms with E-state index in [-0.39, 0.29) is 6.42 Å². The molecule has 0 radical (unpaired) electrons. The van der Waals surface area contributed by atoms with Crippen LogP contribution in [0.2, 0.25) is 0 Å². The van der Waals surface area contributed by atoms with Crippen LogP contribution in [0.15, 0.2) is 48.5 Å². The van der Waals surface area contributed by atoms with E-state index in [9.17, 15) is 14.7 Å². The quantitative estimate of drug-likeness (QED) is 0.247. The summed E-state index contributed by atoms with van der Waals surface area (Å²) < 4.78 is 16.2. The van der Waals surface area contributed by atoms with Gasteiger partial charge in [0.2, 0.25) is 0 Å². The molecule has 0 aliphatic carbocycles. The predicted octanol–water partition coefficient (Wildman–Crippen LogP) is 6.08. The summed E-state index contributed by atoms with van der Waals surface area (Å²) >= 11 is 0. The highest BCUT2D eigenvalue weighted by Gasteiger charge is 2.50. The summed E-state index contributed by atoms with van der Waals surface area (Å²) in [5.41, 5.74) is -0.533. The van der Waals surface area contributed by atoms with Gasteiger partial charge in [-0.2, -0.15) is 0 Å². The summed E-state index contributed by atoms with van der Waals surface area (Å²) in [5, 5.41) is 17.2. The number of amides is 1. The fourth-order valence-electron chi connectivity index (χ4n) is 4.73. The number of hydrogen-bond donors (Lipinski definition) is 3. The number of nitrogens with zero attached hydrogens (tertiary/aromatic N) is 2. The Kier molecular flexibility index (Phi) is 9.81. The van der Waals surface area contributed by atoms with Crippen molar-refractivity contribution in [3.05, 3.63) is 54.1 Å². The van der Waals surface area contributed by atoms with E-state index in [0.29, 0.717) is 13.1 Å². The van der Waals surface area contributed by atoms with Gasteiger partial charge in [-0.15, -0.1) is 0 Å². The van der Waals surface area contributed by atoms with Crippen molar-refractivity contribution in [2.45, 2.75) is 65.6 Å². The molecule has 0 aliphatic rings. The van der Waals surface area contributed by atoms with Gasteiger partial charge < -0.3 is 34.9 Å². The van der Waals surface area contributed by atoms with Crippen molar-refractivity contribution in [3.63, 3.8) is 0 Å². The van der Waals surface area contributed by atoms with Gasteiger partial charge in [0, 0.05) is 42.8 Å². The summed E-state index contributed by atoms with van der Waals surface area (Å²) in [5.74, 6) is 1.13. The number of carbonyl (C=O) groups excluding carboxylic acids is 1. The first-order valence-corrected chi connectivity index (χ1v) is 13.9. The molecule has 3 N–H and O–H groups in total. The number of alkyl carbamates (subject to hydrolysis) is 1. The molecule has 3 aromatic rings. The van der Waals surface area contributed by atoms with Crippen LogP contribution >= 0.6 is 0 Å². The van der Waals surface area contributed by atoms with Gasteiger partial charge in [0.05, 0.1) is 19.7 Å². The molecular formula is C32H44N4O6. The van der Waals surface area contributed by atoms with Crippen molar-refractivity contribution in [1.29, 1.82) is 0 Å². The second kappa shape index (κ2) is 12.8. The number of carbonyl (C=O) groups is 2. The fraction of sp³-hybridized carbons (Fsp3) is 0.469. The summed E-state index contributed by atoms with van der Waals surface area (Å²) in [4.78, 5) is 32.1. The number of methoxy groups -OCH3 is 2. The van der Waals surface area contributed by atoms with Crippen LogP contribution in [0.25, 0.3) is 10.9 Å². The van der Waals surface area contributed by atoms with Crippen molar-refractivity contribution in [2.75, 3.05) is 38.0 Å². The Morgan fingerprint density at radius 1 is 0.952 bits per heavy atom. The van der Waals surface area contributed by atoms with E-state index in [1.807, 2.05) is 60.5 Å². The number of rotatable bonds is 11. The van der Waals surface area contributed by atoms with E-state index in [2.05, 4.69) is 10.6 Å². The number of benzene rings is 2. The van der Waals surface area contributed by atoms with Gasteiger partial charge in [0.15, 0.2) is 0 Å². The number of ether oxygens (including phenoxy) is 3. The lowest BCUT2D eigenvalue weighted by atomic mass is 9.71. The number of carboxylic acid groups (broad SMARTS) is 1. The topological polar surface area (TPSA) is 122 Å². The maximum atomic E-state index is 12.6. The first-order chi connectivity index (χ1) is 19.6. The molecule has 0 saturated carbocycles. The summed E-state index contributed by atoms with van der Waals surface area (Å²) in [6.07, 6.45) is -0.637. The first-order valence-electron chi connectivity index (χ1n) is 13.9. The van der Waals surface area contributed by atoms with Crippen LogP contribution in [-0.2, 0) is 16.1 Å². The van der Waals surface area contributed by atoms with Gasteiger partial charge in [0.1, 0.15) is 28.5 Å². The first kappa shape index (κ1) is 32.3. The van der Waals surface area contributed by atoms with Crippen molar-refractivity contribution < 1.29 is 28.9 Å². The molecule has 0 unspecified atom stereocenters. The standard InChI is InChI=1S/C32H44N4O6/c1-30(2,3)32(28(37)38,35-29(39)42-31(4,5)6)16-17-33-23-13-10-21-12-15-27(34-25(21)18-23)36(7)20-22-11-14-24(40-8)19-26(22)41-9/h10-15,18-19,33H,16-17,20H2,1-9H3,(H,35,39)(H,37,38)/t32-/m1/s1. The molecule has 0 spiro atoms. The van der Waals surface area contributed by atoms with Crippen LogP contribution in [-0.4, -0.2) is 61.1 Å². The number of carboxylic acids is 1. The maximum Gasteiger partial charge on any atom is 0.408 e. The van der Waals surface area contributed by atoms with Gasteiger partial charge >= 0.3 is 12.1 Å². The molecule has 1 amide bonds. The number of nitrogens with one attached hydrogen (secondary N) is 2. The molecule has 1 atom stereocenters. The normalized spacial score (nSPS) is 13.2. The molecule has 0 aliphatic heterocycles. The van der Waals surface area contributed by atoms with Gasteiger partial charge in [-0.25, -0.2) is 14.6 Å². The summed E-state index contributed by atoms with van der Waals surface area (Å²) in [7, 11) is 5.23. The Labute approximate surface area is 248 Å². The number of aromatic nitrogens is 1. The van der Waals surface area contributed by atoms with E-state index in [4.69, 9.17) is 19.2 Å². The van der Waals surface area contributed by atoms with Crippen molar-refractivity contribution in [1.82, 2.24) is 10.3 Å². The van der Waals surface area contributed by atoms with Crippen LogP contribution in [0.4, 0.5) is 16.3 Å². The minimum absolute atomic E-state index is 0.128. The molecule has 0 bridgehead atoms. The Morgan fingerprint density at radius 3 is 2.24 bits per heavy atom. The number of pyridine rings is 1. The molecule has 3 rings (SSSR count). The lowest BCUT2D eigenvalue weighted by Crippen LogP contribution is -2.63. The average molecular weight is 581 g/mol. The predicted molar refractivity (Wildman–Crippen MR) is 166 cm³/mol. The Morgan fingerprint density at radius 2 is 1.64 bits per heavy atom. The third kappa shape index (κ3) is 7.74. The lowest BCUT2D eigenvalue weighted by Gasteiger charge is -2.42. The molecule has 0 fully saturated rings. The SMILES string of the molecule is COc1ccc(CN(C)c2ccc3ccc(NCC[C@@](NC(=O)OC(C)(C)C)(C(=O)O)C(C)(C)C)cc3n2)c(OC)c1. The lowest BCUT2D eigenvalue weighted by molar-refractivity contribution is -0.150. The highest BCUT2D eigenvalue weighted by atomic mass is 16.6. The van der Waals surface area contributed by atoms with Crippen molar-refractivity contribution in [2.24, 2.45) is 5.41 Å². The van der Waals surface area contributed by atoms with E-state index >= 15 is 0 Å².